The van der Waals surface area contributed by atoms with Gasteiger partial charge in [0.2, 0.25) is 11.8 Å². The van der Waals surface area contributed by atoms with E-state index in [0.717, 1.165) is 71.6 Å². The standard InChI is InChI=1S/C70H124N2O31/c1-5-7-9-11-13-15-17-18-20-21-23-25-27-29-43(80)42(72-50(83)30-28-26-24-22-19-16-14-12-10-8-6-2)38-94-66-58(90)56(88)61(48(36-76)97-66)100-68-59(91)64(103-70(69(92)93)32-44(81)51(71-40(4)79)63(102-70)52(84)45(82)33-73)62(49(37-77)98-68)101-65-41(31-39(3)78)60(54(86)47(35-75)95-65)99-67-57(89)55(87)53(85)46(34-74)96-67/h27,29,41-49,51-68,73-77,80-82,84-91H,5-26,28,30-38H2,1-4H3,(H,71,79)(H,72,83)(H,92,93)/t41-,42+,43-,44+,45-,46-,47-,48-,49-,51-,52-,53+,54+,55+,56-,57-,58-,59-,60-,61-,62+,63?,64-,65+,66-,67+,68+,70+/m1/s1. The van der Waals surface area contributed by atoms with Crippen molar-refractivity contribution in [2.24, 2.45) is 5.92 Å². The molecule has 0 bridgehead atoms. The lowest BCUT2D eigenvalue weighted by Crippen LogP contribution is -2.71. The number of aliphatic hydroxyl groups excluding tert-OH is 16. The van der Waals surface area contributed by atoms with Gasteiger partial charge in [-0.05, 0) is 26.2 Å². The maximum Gasteiger partial charge on any atom is 0.364 e. The van der Waals surface area contributed by atoms with E-state index in [1.807, 2.05) is 6.08 Å². The van der Waals surface area contributed by atoms with Gasteiger partial charge in [0.1, 0.15) is 110 Å². The highest BCUT2D eigenvalue weighted by Crippen LogP contribution is 2.42. The maximum atomic E-state index is 13.8. The summed E-state index contributed by atoms with van der Waals surface area (Å²) >= 11 is 0. The van der Waals surface area contributed by atoms with Crippen LogP contribution in [0.2, 0.25) is 0 Å². The van der Waals surface area contributed by atoms with Crippen LogP contribution in [0.4, 0.5) is 0 Å². The highest BCUT2D eigenvalue weighted by molar-refractivity contribution is 5.77. The molecular formula is C70H124N2O31. The monoisotopic (exact) mass is 1490 g/mol. The van der Waals surface area contributed by atoms with E-state index in [2.05, 4.69) is 24.5 Å². The molecule has 0 saturated carbocycles. The molecule has 0 aromatic carbocycles. The van der Waals surface area contributed by atoms with E-state index in [0.29, 0.717) is 12.8 Å². The Hall–Kier alpha value is -3.22. The van der Waals surface area contributed by atoms with E-state index in [1.165, 1.54) is 83.1 Å². The fourth-order valence-corrected chi connectivity index (χ4v) is 13.9. The van der Waals surface area contributed by atoms with Gasteiger partial charge >= 0.3 is 5.97 Å². The van der Waals surface area contributed by atoms with Gasteiger partial charge in [-0.3, -0.25) is 9.59 Å². The number of amides is 2. The first-order valence-corrected chi connectivity index (χ1v) is 37.3. The van der Waals surface area contributed by atoms with Gasteiger partial charge < -0.3 is 150 Å². The number of carboxylic acids is 1. The second-order valence-electron chi connectivity index (χ2n) is 28.2. The van der Waals surface area contributed by atoms with E-state index in [9.17, 15) is 106 Å². The third-order valence-electron chi connectivity index (χ3n) is 19.9. The van der Waals surface area contributed by atoms with E-state index in [-0.39, 0.29) is 12.3 Å². The van der Waals surface area contributed by atoms with Crippen molar-refractivity contribution < 1.29 is 153 Å². The minimum absolute atomic E-state index is 0.136. The Bertz CT molecular complexity index is 2420. The summed E-state index contributed by atoms with van der Waals surface area (Å²) in [5, 5.41) is 194. The molecule has 0 spiro atoms. The number of nitrogens with one attached hydrogen (secondary N) is 2. The average molecular weight is 1490 g/mol. The molecule has 0 aromatic rings. The summed E-state index contributed by atoms with van der Waals surface area (Å²) in [6.07, 6.45) is -22.1. The summed E-state index contributed by atoms with van der Waals surface area (Å²) in [6, 6.07) is -2.89. The van der Waals surface area contributed by atoms with Gasteiger partial charge in [0.15, 0.2) is 25.2 Å². The Kier molecular flexibility index (Phi) is 41.2. The number of hydrogen-bond acceptors (Lipinski definition) is 30. The number of ether oxygens (including phenoxy) is 10. The molecule has 5 saturated heterocycles. The normalized spacial score (nSPS) is 35.5. The highest BCUT2D eigenvalue weighted by Gasteiger charge is 2.62. The van der Waals surface area contributed by atoms with E-state index in [4.69, 9.17) is 47.4 Å². The predicted molar refractivity (Wildman–Crippen MR) is 361 cm³/mol. The molecule has 5 rings (SSSR count). The van der Waals surface area contributed by atoms with Crippen LogP contribution in [0, 0.1) is 5.92 Å². The molecule has 2 amide bonds. The van der Waals surface area contributed by atoms with Crippen LogP contribution in [-0.2, 0) is 66.5 Å². The van der Waals surface area contributed by atoms with Crippen LogP contribution in [0.5, 0.6) is 0 Å². The van der Waals surface area contributed by atoms with Crippen molar-refractivity contribution in [3.8, 4) is 0 Å². The Morgan fingerprint density at radius 1 is 0.534 bits per heavy atom. The fraction of sp³-hybridized carbons (Fsp3) is 0.914. The van der Waals surface area contributed by atoms with Crippen molar-refractivity contribution in [3.05, 3.63) is 12.2 Å². The van der Waals surface area contributed by atoms with E-state index >= 15 is 0 Å². The van der Waals surface area contributed by atoms with Crippen LogP contribution in [0.15, 0.2) is 12.2 Å². The lowest BCUT2D eigenvalue weighted by Gasteiger charge is -2.52. The van der Waals surface area contributed by atoms with Crippen molar-refractivity contribution in [2.75, 3.05) is 39.6 Å². The number of Topliss-reactive ketones (excluding diaryl/α,β-unsaturated/α-hetero) is 1. The molecule has 1 unspecified atom stereocenters. The van der Waals surface area contributed by atoms with Gasteiger partial charge in [-0.15, -0.1) is 0 Å². The molecule has 5 fully saturated rings. The predicted octanol–water partition coefficient (Wildman–Crippen LogP) is -1.51. The average Bonchev–Trinajstić information content (AvgIpc) is 0.747. The zero-order valence-corrected chi connectivity index (χ0v) is 60.2. The van der Waals surface area contributed by atoms with Crippen LogP contribution in [-0.4, -0.2) is 315 Å². The molecule has 19 N–H and O–H groups in total. The zero-order valence-electron chi connectivity index (χ0n) is 60.2. The van der Waals surface area contributed by atoms with E-state index < -0.39 is 241 Å². The minimum atomic E-state index is -3.36. The maximum absolute atomic E-state index is 13.8. The molecule has 0 radical (unpaired) electrons. The number of aliphatic carboxylic acids is 1. The van der Waals surface area contributed by atoms with Crippen LogP contribution in [0.25, 0.3) is 0 Å². The zero-order chi connectivity index (χ0) is 75.9. The number of ketones is 1. The topological polar surface area (TPSA) is 529 Å². The van der Waals surface area contributed by atoms with Crippen LogP contribution in [0.3, 0.4) is 0 Å². The summed E-state index contributed by atoms with van der Waals surface area (Å²) < 4.78 is 60.3. The van der Waals surface area contributed by atoms with Crippen LogP contribution >= 0.6 is 0 Å². The summed E-state index contributed by atoms with van der Waals surface area (Å²) in [6.45, 7) is 0.474. The molecule has 600 valence electrons. The lowest BCUT2D eigenvalue weighted by atomic mass is 9.86. The summed E-state index contributed by atoms with van der Waals surface area (Å²) in [4.78, 5) is 53.0. The Labute approximate surface area is 603 Å². The summed E-state index contributed by atoms with van der Waals surface area (Å²) in [5.41, 5.74) is 0. The SMILES string of the molecule is CCCCCCCCCCCCCC=C[C@@H](O)[C@H](CO[C@@H]1O[C@H](CO)[C@@H](O[C@@H]2O[C@H](CO)[C@H](O[C@@H]3O[C@H](CO)[C@H](O)[C@H](O[C@@H]4O[C@H](CO)[C@H](O)[C@H](O)[C@H]4O)[C@H]3CC(C)=O)[C@H](O[C@]3(C(=O)O)C[C@H](O)[C@@H](NC(C)=O)C([C@H](O)[C@H](O)CO)O3)[C@H]2O)[C@H](O)[C@H]1O)NC(=O)CCCCCCCCCCCCC. The largest absolute Gasteiger partial charge is 0.477 e. The summed E-state index contributed by atoms with van der Waals surface area (Å²) in [5.74, 6) is -9.08. The fourth-order valence-electron chi connectivity index (χ4n) is 13.9. The molecule has 5 aliphatic rings. The number of carbonyl (C=O) groups excluding carboxylic acids is 3. The number of allylic oxidation sites excluding steroid dienone is 1. The first-order chi connectivity index (χ1) is 49.3. The lowest BCUT2D eigenvalue weighted by molar-refractivity contribution is -0.406. The minimum Gasteiger partial charge on any atom is -0.477 e. The van der Waals surface area contributed by atoms with Gasteiger partial charge in [0, 0.05) is 32.1 Å². The molecule has 28 atom stereocenters. The second-order valence-corrected chi connectivity index (χ2v) is 28.2. The molecule has 33 nitrogen and oxygen atoms in total. The number of aliphatic hydroxyl groups is 16. The van der Waals surface area contributed by atoms with Crippen molar-refractivity contribution in [1.82, 2.24) is 10.6 Å². The van der Waals surface area contributed by atoms with Crippen molar-refractivity contribution in [1.29, 1.82) is 0 Å². The smallest absolute Gasteiger partial charge is 0.364 e. The third-order valence-corrected chi connectivity index (χ3v) is 19.9. The second kappa shape index (κ2) is 47.0. The first-order valence-electron chi connectivity index (χ1n) is 37.3. The number of hydrogen-bond donors (Lipinski definition) is 19. The summed E-state index contributed by atoms with van der Waals surface area (Å²) in [7, 11) is 0. The molecule has 5 aliphatic heterocycles. The van der Waals surface area contributed by atoms with Crippen LogP contribution in [0.1, 0.15) is 195 Å². The van der Waals surface area contributed by atoms with Gasteiger partial charge in [-0.25, -0.2) is 4.79 Å². The number of carbonyl (C=O) groups is 4. The molecule has 0 aromatic heterocycles. The van der Waals surface area contributed by atoms with Gasteiger partial charge in [0.25, 0.3) is 5.79 Å². The Balaban J connectivity index is 1.43. The van der Waals surface area contributed by atoms with E-state index in [1.54, 1.807) is 0 Å². The van der Waals surface area contributed by atoms with Crippen molar-refractivity contribution >= 4 is 23.6 Å². The van der Waals surface area contributed by atoms with Crippen molar-refractivity contribution in [2.45, 2.75) is 360 Å². The molecule has 33 heteroatoms. The molecule has 103 heavy (non-hydrogen) atoms. The first kappa shape index (κ1) is 90.4. The van der Waals surface area contributed by atoms with Gasteiger partial charge in [-0.1, -0.05) is 154 Å². The Morgan fingerprint density at radius 3 is 1.54 bits per heavy atom. The molecule has 5 heterocycles. The number of unbranched alkanes of at least 4 members (excludes halogenated alkanes) is 21. The quantitative estimate of drug-likeness (QED) is 0.0243. The Morgan fingerprint density at radius 2 is 1.01 bits per heavy atom. The molecule has 0 aliphatic carbocycles. The van der Waals surface area contributed by atoms with Gasteiger partial charge in [0.05, 0.1) is 70.0 Å². The van der Waals surface area contributed by atoms with Crippen molar-refractivity contribution in [3.63, 3.8) is 0 Å². The molecular weight excluding hydrogens is 1360 g/mol. The number of carboxylic acid groups (broad SMARTS) is 1. The third kappa shape index (κ3) is 27.1. The number of rotatable bonds is 49. The highest BCUT2D eigenvalue weighted by atomic mass is 16.8. The van der Waals surface area contributed by atoms with Crippen LogP contribution < -0.4 is 10.6 Å². The van der Waals surface area contributed by atoms with Gasteiger partial charge in [-0.2, -0.15) is 0 Å².